The van der Waals surface area contributed by atoms with Crippen LogP contribution in [0.3, 0.4) is 0 Å². The van der Waals surface area contributed by atoms with E-state index in [0.29, 0.717) is 0 Å². The summed E-state index contributed by atoms with van der Waals surface area (Å²) in [7, 11) is 0. The van der Waals surface area contributed by atoms with Gasteiger partial charge in [-0.05, 0) is 46.7 Å². The monoisotopic (exact) mass is 389 g/mol. The minimum Gasteiger partial charge on any atom is -0.461 e. The molecule has 0 saturated heterocycles. The van der Waals surface area contributed by atoms with Crippen LogP contribution in [0.25, 0.3) is 5.69 Å². The molecule has 0 bridgehead atoms. The number of aromatic nitrogens is 1. The van der Waals surface area contributed by atoms with Gasteiger partial charge in [0.25, 0.3) is 0 Å². The Bertz CT molecular complexity index is 866. The molecule has 1 unspecified atom stereocenters. The quantitative estimate of drug-likeness (QED) is 0.682. The minimum absolute atomic E-state index is 0.0409. The predicted molar refractivity (Wildman–Crippen MR) is 104 cm³/mol. The standard InChI is InChI=1S/C21H21Cl2NO2/c1-21(2)16(12-18(22)23)19(21)20(25)26-14-10-13-6-5-7-17(15(13)11-14)24-8-3-4-9-24/h3-9,12,14,16,19H,10-11H2,1-2H3/t14?,16-,19+/m0/s1. The summed E-state index contributed by atoms with van der Waals surface area (Å²) in [6, 6.07) is 10.3. The fraction of sp³-hybridized carbons (Fsp3) is 0.381. The molecule has 2 aliphatic rings. The third-order valence-electron chi connectivity index (χ3n) is 5.76. The van der Waals surface area contributed by atoms with Crippen molar-refractivity contribution in [3.8, 4) is 5.69 Å². The number of carbonyl (C=O) groups excluding carboxylic acids is 1. The van der Waals surface area contributed by atoms with Crippen LogP contribution in [0.4, 0.5) is 0 Å². The van der Waals surface area contributed by atoms with Crippen molar-refractivity contribution in [2.75, 3.05) is 0 Å². The second-order valence-electron chi connectivity index (χ2n) is 7.75. The lowest BCUT2D eigenvalue weighted by Gasteiger charge is -2.12. The molecule has 1 heterocycles. The Morgan fingerprint density at radius 2 is 1.92 bits per heavy atom. The zero-order valence-corrected chi connectivity index (χ0v) is 16.3. The number of esters is 1. The molecule has 1 fully saturated rings. The highest BCUT2D eigenvalue weighted by atomic mass is 35.5. The van der Waals surface area contributed by atoms with E-state index in [1.807, 2.05) is 38.4 Å². The van der Waals surface area contributed by atoms with Crippen molar-refractivity contribution in [2.45, 2.75) is 32.8 Å². The van der Waals surface area contributed by atoms with Gasteiger partial charge in [0.2, 0.25) is 0 Å². The van der Waals surface area contributed by atoms with Gasteiger partial charge in [0.05, 0.1) is 5.92 Å². The van der Waals surface area contributed by atoms with Gasteiger partial charge < -0.3 is 9.30 Å². The molecular weight excluding hydrogens is 369 g/mol. The van der Waals surface area contributed by atoms with Gasteiger partial charge in [0, 0.05) is 30.9 Å². The van der Waals surface area contributed by atoms with Crippen LogP contribution in [-0.4, -0.2) is 16.6 Å². The zero-order chi connectivity index (χ0) is 18.5. The lowest BCUT2D eigenvalue weighted by molar-refractivity contribution is -0.151. The van der Waals surface area contributed by atoms with E-state index in [-0.39, 0.29) is 33.8 Å². The van der Waals surface area contributed by atoms with Gasteiger partial charge in [0.1, 0.15) is 10.6 Å². The Hall–Kier alpha value is -1.71. The summed E-state index contributed by atoms with van der Waals surface area (Å²) >= 11 is 11.6. The van der Waals surface area contributed by atoms with Gasteiger partial charge in [-0.15, -0.1) is 0 Å². The van der Waals surface area contributed by atoms with Crippen molar-refractivity contribution in [1.29, 1.82) is 0 Å². The smallest absolute Gasteiger partial charge is 0.310 e. The molecule has 2 aromatic rings. The summed E-state index contributed by atoms with van der Waals surface area (Å²) in [5.41, 5.74) is 3.52. The molecule has 26 heavy (non-hydrogen) atoms. The predicted octanol–water partition coefficient (Wildman–Crippen LogP) is 5.08. The first kappa shape index (κ1) is 17.7. The molecule has 3 nitrogen and oxygen atoms in total. The molecule has 0 radical (unpaired) electrons. The lowest BCUT2D eigenvalue weighted by Crippen LogP contribution is -2.21. The lowest BCUT2D eigenvalue weighted by atomic mass is 10.1. The largest absolute Gasteiger partial charge is 0.461 e. The molecule has 0 N–H and O–H groups in total. The summed E-state index contributed by atoms with van der Waals surface area (Å²) in [5.74, 6) is -0.284. The van der Waals surface area contributed by atoms with Crippen molar-refractivity contribution in [1.82, 2.24) is 4.57 Å². The van der Waals surface area contributed by atoms with E-state index in [1.165, 1.54) is 11.1 Å². The van der Waals surface area contributed by atoms with Gasteiger partial charge in [0.15, 0.2) is 0 Å². The van der Waals surface area contributed by atoms with E-state index in [9.17, 15) is 4.79 Å². The highest BCUT2D eigenvalue weighted by molar-refractivity contribution is 6.55. The maximum atomic E-state index is 12.7. The van der Waals surface area contributed by atoms with E-state index in [1.54, 1.807) is 6.08 Å². The molecule has 1 aromatic heterocycles. The molecule has 0 amide bonds. The number of halogens is 2. The Kier molecular flexibility index (Phi) is 4.40. The first-order chi connectivity index (χ1) is 12.4. The number of carbonyl (C=O) groups is 1. The van der Waals surface area contributed by atoms with E-state index in [0.717, 1.165) is 18.5 Å². The van der Waals surface area contributed by atoms with Crippen LogP contribution in [0.15, 0.2) is 53.3 Å². The Labute approximate surface area is 163 Å². The number of benzene rings is 1. The summed E-state index contributed by atoms with van der Waals surface area (Å²) < 4.78 is 8.19. The number of allylic oxidation sites excluding steroid dienone is 1. The number of rotatable bonds is 4. The molecule has 136 valence electrons. The third kappa shape index (κ3) is 3.08. The minimum atomic E-state index is -0.178. The second kappa shape index (κ2) is 6.47. The number of fused-ring (bicyclic) bond motifs is 1. The van der Waals surface area contributed by atoms with Crippen LogP contribution in [0.1, 0.15) is 25.0 Å². The van der Waals surface area contributed by atoms with Crippen molar-refractivity contribution in [3.63, 3.8) is 0 Å². The number of hydrogen-bond acceptors (Lipinski definition) is 2. The molecular formula is C21H21Cl2NO2. The molecule has 3 atom stereocenters. The highest BCUT2D eigenvalue weighted by Gasteiger charge is 2.62. The molecule has 0 aliphatic heterocycles. The van der Waals surface area contributed by atoms with Crippen LogP contribution in [0.2, 0.25) is 0 Å². The average molecular weight is 390 g/mol. The molecule has 4 rings (SSSR count). The number of hydrogen-bond donors (Lipinski definition) is 0. The van der Waals surface area contributed by atoms with Crippen molar-refractivity contribution >= 4 is 29.2 Å². The molecule has 1 saturated carbocycles. The summed E-state index contributed by atoms with van der Waals surface area (Å²) in [4.78, 5) is 12.7. The second-order valence-corrected chi connectivity index (χ2v) is 8.76. The van der Waals surface area contributed by atoms with Gasteiger partial charge >= 0.3 is 5.97 Å². The number of ether oxygens (including phenoxy) is 1. The Balaban J connectivity index is 1.47. The Morgan fingerprint density at radius 1 is 1.19 bits per heavy atom. The van der Waals surface area contributed by atoms with E-state index >= 15 is 0 Å². The zero-order valence-electron chi connectivity index (χ0n) is 14.8. The topological polar surface area (TPSA) is 31.2 Å². The molecule has 0 spiro atoms. The van der Waals surface area contributed by atoms with Crippen LogP contribution in [-0.2, 0) is 22.4 Å². The highest BCUT2D eigenvalue weighted by Crippen LogP contribution is 2.60. The first-order valence-corrected chi connectivity index (χ1v) is 9.61. The average Bonchev–Trinajstić information content (AvgIpc) is 3.01. The third-order valence-corrected chi connectivity index (χ3v) is 6.02. The Morgan fingerprint density at radius 3 is 2.62 bits per heavy atom. The van der Waals surface area contributed by atoms with Gasteiger partial charge in [-0.1, -0.05) is 49.2 Å². The van der Waals surface area contributed by atoms with Gasteiger partial charge in [-0.2, -0.15) is 0 Å². The summed E-state index contributed by atoms with van der Waals surface area (Å²) in [6.07, 6.45) is 7.23. The van der Waals surface area contributed by atoms with Crippen molar-refractivity contribution in [2.24, 2.45) is 17.3 Å². The summed E-state index contributed by atoms with van der Waals surface area (Å²) in [6.45, 7) is 4.09. The van der Waals surface area contributed by atoms with Crippen LogP contribution in [0.5, 0.6) is 0 Å². The molecule has 2 aliphatic carbocycles. The summed E-state index contributed by atoms with van der Waals surface area (Å²) in [5, 5.41) is 0. The SMILES string of the molecule is CC1(C)[C@@H](C=C(Cl)Cl)[C@@H]1C(=O)OC1Cc2cccc(-n3cccc3)c2C1. The van der Waals surface area contributed by atoms with Crippen LogP contribution in [0, 0.1) is 17.3 Å². The molecule has 5 heteroatoms. The van der Waals surface area contributed by atoms with E-state index in [2.05, 4.69) is 22.8 Å². The van der Waals surface area contributed by atoms with Crippen molar-refractivity contribution < 1.29 is 9.53 Å². The fourth-order valence-corrected chi connectivity index (χ4v) is 4.50. The van der Waals surface area contributed by atoms with Gasteiger partial charge in [-0.25, -0.2) is 0 Å². The normalized spacial score (nSPS) is 25.5. The van der Waals surface area contributed by atoms with Crippen LogP contribution < -0.4 is 0 Å². The maximum Gasteiger partial charge on any atom is 0.310 e. The maximum absolute atomic E-state index is 12.7. The molecule has 1 aromatic carbocycles. The van der Waals surface area contributed by atoms with Crippen LogP contribution >= 0.6 is 23.2 Å². The van der Waals surface area contributed by atoms with E-state index in [4.69, 9.17) is 27.9 Å². The van der Waals surface area contributed by atoms with Crippen molar-refractivity contribution in [3.05, 3.63) is 64.4 Å². The fourth-order valence-electron chi connectivity index (χ4n) is 4.23. The van der Waals surface area contributed by atoms with E-state index < -0.39 is 0 Å². The first-order valence-electron chi connectivity index (χ1n) is 8.85. The number of nitrogens with zero attached hydrogens (tertiary/aromatic N) is 1. The van der Waals surface area contributed by atoms with Gasteiger partial charge in [-0.3, -0.25) is 4.79 Å².